The van der Waals surface area contributed by atoms with Crippen LogP contribution < -0.4 is 5.63 Å². The maximum atomic E-state index is 12.5. The fourth-order valence-electron chi connectivity index (χ4n) is 2.22. The van der Waals surface area contributed by atoms with Crippen molar-refractivity contribution in [3.05, 3.63) is 46.3 Å². The van der Waals surface area contributed by atoms with Crippen molar-refractivity contribution < 1.29 is 19.1 Å². The van der Waals surface area contributed by atoms with Gasteiger partial charge in [0.25, 0.3) is 5.91 Å². The molecule has 0 atom stereocenters. The SMILES string of the molecule is COCCCN(CCO)C(=O)c1cc2ccccc2oc1=O. The number of nitrogens with zero attached hydrogens (tertiary/aromatic N) is 1. The van der Waals surface area contributed by atoms with Gasteiger partial charge in [-0.3, -0.25) is 4.79 Å². The van der Waals surface area contributed by atoms with Crippen LogP contribution in [-0.2, 0) is 4.74 Å². The lowest BCUT2D eigenvalue weighted by atomic mass is 10.1. The molecule has 2 aromatic rings. The number of rotatable bonds is 7. The third kappa shape index (κ3) is 3.72. The highest BCUT2D eigenvalue weighted by molar-refractivity contribution is 5.96. The van der Waals surface area contributed by atoms with E-state index in [0.717, 1.165) is 0 Å². The van der Waals surface area contributed by atoms with Crippen LogP contribution in [0.3, 0.4) is 0 Å². The molecule has 0 fully saturated rings. The molecule has 0 aliphatic rings. The Labute approximate surface area is 127 Å². The number of hydrogen-bond acceptors (Lipinski definition) is 5. The van der Waals surface area contributed by atoms with Crippen LogP contribution in [0, 0.1) is 0 Å². The Hall–Kier alpha value is -2.18. The number of para-hydroxylation sites is 1. The van der Waals surface area contributed by atoms with Crippen LogP contribution in [-0.4, -0.2) is 49.3 Å². The molecule has 0 saturated carbocycles. The molecule has 2 rings (SSSR count). The molecule has 6 nitrogen and oxygen atoms in total. The number of carbonyl (C=O) groups excluding carboxylic acids is 1. The van der Waals surface area contributed by atoms with Gasteiger partial charge in [-0.05, 0) is 18.6 Å². The van der Waals surface area contributed by atoms with E-state index in [1.54, 1.807) is 31.4 Å². The summed E-state index contributed by atoms with van der Waals surface area (Å²) in [6, 6.07) is 8.55. The van der Waals surface area contributed by atoms with Crippen molar-refractivity contribution in [3.8, 4) is 0 Å². The van der Waals surface area contributed by atoms with Gasteiger partial charge >= 0.3 is 5.63 Å². The van der Waals surface area contributed by atoms with Crippen LogP contribution in [0.1, 0.15) is 16.8 Å². The minimum Gasteiger partial charge on any atom is -0.422 e. The Bertz CT molecular complexity index is 694. The van der Waals surface area contributed by atoms with Crippen molar-refractivity contribution in [2.75, 3.05) is 33.4 Å². The smallest absolute Gasteiger partial charge is 0.349 e. The Morgan fingerprint density at radius 3 is 2.82 bits per heavy atom. The Balaban J connectivity index is 2.29. The third-order valence-corrected chi connectivity index (χ3v) is 3.31. The summed E-state index contributed by atoms with van der Waals surface area (Å²) in [6.07, 6.45) is 0.626. The van der Waals surface area contributed by atoms with Crippen molar-refractivity contribution in [1.29, 1.82) is 0 Å². The van der Waals surface area contributed by atoms with E-state index in [-0.39, 0.29) is 18.7 Å². The molecule has 0 aliphatic carbocycles. The van der Waals surface area contributed by atoms with Gasteiger partial charge in [-0.2, -0.15) is 0 Å². The highest BCUT2D eigenvalue weighted by Gasteiger charge is 2.20. The zero-order chi connectivity index (χ0) is 15.9. The van der Waals surface area contributed by atoms with Crippen LogP contribution in [0.25, 0.3) is 11.0 Å². The van der Waals surface area contributed by atoms with Crippen LogP contribution >= 0.6 is 0 Å². The predicted molar refractivity (Wildman–Crippen MR) is 82.0 cm³/mol. The van der Waals surface area contributed by atoms with Gasteiger partial charge in [0.1, 0.15) is 11.1 Å². The molecule has 0 aliphatic heterocycles. The van der Waals surface area contributed by atoms with E-state index < -0.39 is 11.5 Å². The monoisotopic (exact) mass is 305 g/mol. The number of aliphatic hydroxyl groups excluding tert-OH is 1. The standard InChI is InChI=1S/C16H19NO5/c1-21-10-4-7-17(8-9-18)15(19)13-11-12-5-2-3-6-14(12)22-16(13)20/h2-3,5-6,11,18H,4,7-10H2,1H3. The number of aliphatic hydroxyl groups is 1. The van der Waals surface area contributed by atoms with Crippen LogP contribution in [0.5, 0.6) is 0 Å². The van der Waals surface area contributed by atoms with Gasteiger partial charge in [-0.1, -0.05) is 18.2 Å². The molecule has 0 radical (unpaired) electrons. The number of methoxy groups -OCH3 is 1. The molecular formula is C16H19NO5. The zero-order valence-electron chi connectivity index (χ0n) is 12.4. The van der Waals surface area contributed by atoms with Crippen molar-refractivity contribution in [2.45, 2.75) is 6.42 Å². The van der Waals surface area contributed by atoms with Crippen LogP contribution in [0.15, 0.2) is 39.5 Å². The van der Waals surface area contributed by atoms with E-state index in [1.165, 1.54) is 11.0 Å². The summed E-state index contributed by atoms with van der Waals surface area (Å²) in [4.78, 5) is 26.0. The summed E-state index contributed by atoms with van der Waals surface area (Å²) in [6.45, 7) is 0.896. The highest BCUT2D eigenvalue weighted by Crippen LogP contribution is 2.13. The summed E-state index contributed by atoms with van der Waals surface area (Å²) in [5.74, 6) is -0.440. The second kappa shape index (κ2) is 7.72. The number of carbonyl (C=O) groups is 1. The molecular weight excluding hydrogens is 286 g/mol. The number of ether oxygens (including phenoxy) is 1. The van der Waals surface area contributed by atoms with E-state index in [1.807, 2.05) is 0 Å². The van der Waals surface area contributed by atoms with Crippen molar-refractivity contribution in [3.63, 3.8) is 0 Å². The van der Waals surface area contributed by atoms with Gasteiger partial charge in [-0.15, -0.1) is 0 Å². The molecule has 0 saturated heterocycles. The van der Waals surface area contributed by atoms with Crippen molar-refractivity contribution in [2.24, 2.45) is 0 Å². The number of benzene rings is 1. The van der Waals surface area contributed by atoms with Gasteiger partial charge in [0.2, 0.25) is 0 Å². The Morgan fingerprint density at radius 1 is 1.32 bits per heavy atom. The first-order valence-corrected chi connectivity index (χ1v) is 7.09. The molecule has 22 heavy (non-hydrogen) atoms. The fraction of sp³-hybridized carbons (Fsp3) is 0.375. The Kier molecular flexibility index (Phi) is 5.68. The van der Waals surface area contributed by atoms with Gasteiger partial charge in [-0.25, -0.2) is 4.79 Å². The lowest BCUT2D eigenvalue weighted by molar-refractivity contribution is 0.0697. The van der Waals surface area contributed by atoms with E-state index in [9.17, 15) is 9.59 Å². The third-order valence-electron chi connectivity index (χ3n) is 3.31. The normalized spacial score (nSPS) is 10.8. The van der Waals surface area contributed by atoms with E-state index in [4.69, 9.17) is 14.3 Å². The topological polar surface area (TPSA) is 80.0 Å². The molecule has 118 valence electrons. The predicted octanol–water partition coefficient (Wildman–Crippen LogP) is 1.26. The van der Waals surface area contributed by atoms with E-state index in [0.29, 0.717) is 30.5 Å². The van der Waals surface area contributed by atoms with E-state index in [2.05, 4.69) is 0 Å². The fourth-order valence-corrected chi connectivity index (χ4v) is 2.22. The molecule has 0 bridgehead atoms. The number of fused-ring (bicyclic) bond motifs is 1. The van der Waals surface area contributed by atoms with Gasteiger partial charge in [0.15, 0.2) is 0 Å². The molecule has 6 heteroatoms. The maximum Gasteiger partial charge on any atom is 0.349 e. The average Bonchev–Trinajstić information content (AvgIpc) is 2.53. The zero-order valence-corrected chi connectivity index (χ0v) is 12.4. The molecule has 0 unspecified atom stereocenters. The quantitative estimate of drug-likeness (QED) is 0.615. The molecule has 1 aromatic carbocycles. The Morgan fingerprint density at radius 2 is 2.09 bits per heavy atom. The van der Waals surface area contributed by atoms with E-state index >= 15 is 0 Å². The second-order valence-electron chi connectivity index (χ2n) is 4.85. The van der Waals surface area contributed by atoms with Crippen LogP contribution in [0.4, 0.5) is 0 Å². The first-order valence-electron chi connectivity index (χ1n) is 7.09. The lowest BCUT2D eigenvalue weighted by Crippen LogP contribution is -2.37. The maximum absolute atomic E-state index is 12.5. The largest absolute Gasteiger partial charge is 0.422 e. The second-order valence-corrected chi connectivity index (χ2v) is 4.85. The van der Waals surface area contributed by atoms with Gasteiger partial charge < -0.3 is 19.2 Å². The minimum atomic E-state index is -0.668. The highest BCUT2D eigenvalue weighted by atomic mass is 16.5. The summed E-state index contributed by atoms with van der Waals surface area (Å²) in [5.41, 5.74) is -0.250. The van der Waals surface area contributed by atoms with Crippen molar-refractivity contribution in [1.82, 2.24) is 4.90 Å². The summed E-state index contributed by atoms with van der Waals surface area (Å²) in [7, 11) is 1.58. The molecule has 1 N–H and O–H groups in total. The molecule has 0 spiro atoms. The molecule has 1 heterocycles. The minimum absolute atomic E-state index is 0.0235. The number of hydrogen-bond donors (Lipinski definition) is 1. The van der Waals surface area contributed by atoms with Gasteiger partial charge in [0, 0.05) is 32.2 Å². The van der Waals surface area contributed by atoms with Crippen molar-refractivity contribution >= 4 is 16.9 Å². The molecule has 1 amide bonds. The van der Waals surface area contributed by atoms with Gasteiger partial charge in [0.05, 0.1) is 6.61 Å². The van der Waals surface area contributed by atoms with Crippen LogP contribution in [0.2, 0.25) is 0 Å². The lowest BCUT2D eigenvalue weighted by Gasteiger charge is -2.21. The molecule has 1 aromatic heterocycles. The summed E-state index contributed by atoms with van der Waals surface area (Å²) in [5, 5.41) is 9.79. The first kappa shape index (κ1) is 16.2. The summed E-state index contributed by atoms with van der Waals surface area (Å²) < 4.78 is 10.1. The first-order chi connectivity index (χ1) is 10.7. The number of amides is 1. The summed E-state index contributed by atoms with van der Waals surface area (Å²) >= 11 is 0. The average molecular weight is 305 g/mol.